The summed E-state index contributed by atoms with van der Waals surface area (Å²) in [6.45, 7) is 6.16. The predicted octanol–water partition coefficient (Wildman–Crippen LogP) is 2.77. The third-order valence-corrected chi connectivity index (χ3v) is 4.37. The van der Waals surface area contributed by atoms with Crippen molar-refractivity contribution in [3.8, 4) is 0 Å². The highest BCUT2D eigenvalue weighted by atomic mass is 16.4. The van der Waals surface area contributed by atoms with E-state index in [2.05, 4.69) is 20.8 Å². The topological polar surface area (TPSA) is 74.6 Å². The summed E-state index contributed by atoms with van der Waals surface area (Å²) >= 11 is 0. The van der Waals surface area contributed by atoms with E-state index in [1.54, 1.807) is 0 Å². The lowest BCUT2D eigenvalue weighted by molar-refractivity contribution is -0.147. The second-order valence-electron chi connectivity index (χ2n) is 6.21. The Labute approximate surface area is 102 Å². The second-order valence-corrected chi connectivity index (χ2v) is 6.21. The smallest absolute Gasteiger partial charge is 0.306 e. The number of carboxylic acid groups (broad SMARTS) is 2. The Hall–Kier alpha value is -1.06. The summed E-state index contributed by atoms with van der Waals surface area (Å²) in [6, 6.07) is 0. The Morgan fingerprint density at radius 1 is 1.18 bits per heavy atom. The average Bonchev–Trinajstić information content (AvgIpc) is 2.15. The molecule has 0 radical (unpaired) electrons. The van der Waals surface area contributed by atoms with Crippen LogP contribution < -0.4 is 0 Å². The molecule has 4 heteroatoms. The molecule has 1 saturated carbocycles. The molecule has 0 spiro atoms. The van der Waals surface area contributed by atoms with Gasteiger partial charge in [0.1, 0.15) is 0 Å². The monoisotopic (exact) mass is 242 g/mol. The SMILES string of the molecule is CC(C)(C)C1(CC(=O)O)CCC(C(=O)O)CC1. The van der Waals surface area contributed by atoms with Crippen molar-refractivity contribution in [1.29, 1.82) is 0 Å². The maximum atomic E-state index is 11.0. The number of carbonyl (C=O) groups is 2. The molecule has 0 unspecified atom stereocenters. The van der Waals surface area contributed by atoms with Gasteiger partial charge in [-0.05, 0) is 36.5 Å². The lowest BCUT2D eigenvalue weighted by Crippen LogP contribution is -2.42. The predicted molar refractivity (Wildman–Crippen MR) is 63.7 cm³/mol. The minimum Gasteiger partial charge on any atom is -0.481 e. The van der Waals surface area contributed by atoms with Crippen molar-refractivity contribution in [3.63, 3.8) is 0 Å². The van der Waals surface area contributed by atoms with Crippen LogP contribution in [-0.2, 0) is 9.59 Å². The first-order valence-electron chi connectivity index (χ1n) is 6.12. The molecule has 1 rings (SSSR count). The lowest BCUT2D eigenvalue weighted by Gasteiger charge is -2.48. The second kappa shape index (κ2) is 4.67. The summed E-state index contributed by atoms with van der Waals surface area (Å²) in [4.78, 5) is 21.9. The first kappa shape index (κ1) is 14.0. The zero-order valence-corrected chi connectivity index (χ0v) is 10.8. The van der Waals surface area contributed by atoms with Crippen molar-refractivity contribution < 1.29 is 19.8 Å². The van der Waals surface area contributed by atoms with E-state index in [-0.39, 0.29) is 23.2 Å². The van der Waals surface area contributed by atoms with Gasteiger partial charge in [-0.2, -0.15) is 0 Å². The van der Waals surface area contributed by atoms with Crippen molar-refractivity contribution in [2.24, 2.45) is 16.7 Å². The Morgan fingerprint density at radius 3 is 1.94 bits per heavy atom. The van der Waals surface area contributed by atoms with Gasteiger partial charge in [0, 0.05) is 0 Å². The fraction of sp³-hybridized carbons (Fsp3) is 0.846. The molecule has 2 N–H and O–H groups in total. The van der Waals surface area contributed by atoms with Crippen LogP contribution in [0, 0.1) is 16.7 Å². The van der Waals surface area contributed by atoms with E-state index < -0.39 is 11.9 Å². The van der Waals surface area contributed by atoms with Gasteiger partial charge in [0.25, 0.3) is 0 Å². The summed E-state index contributed by atoms with van der Waals surface area (Å²) in [5, 5.41) is 18.0. The van der Waals surface area contributed by atoms with E-state index in [0.29, 0.717) is 25.7 Å². The fourth-order valence-electron chi connectivity index (χ4n) is 2.90. The molecule has 98 valence electrons. The Kier molecular flexibility index (Phi) is 3.84. The zero-order chi connectivity index (χ0) is 13.3. The third kappa shape index (κ3) is 2.99. The Balaban J connectivity index is 2.83. The van der Waals surface area contributed by atoms with Gasteiger partial charge in [0.15, 0.2) is 0 Å². The van der Waals surface area contributed by atoms with Gasteiger partial charge in [-0.3, -0.25) is 9.59 Å². The van der Waals surface area contributed by atoms with Gasteiger partial charge in [0.05, 0.1) is 12.3 Å². The first-order chi connectivity index (χ1) is 7.68. The summed E-state index contributed by atoms with van der Waals surface area (Å²) in [5.74, 6) is -1.82. The molecule has 17 heavy (non-hydrogen) atoms. The van der Waals surface area contributed by atoms with E-state index in [4.69, 9.17) is 10.2 Å². The van der Waals surface area contributed by atoms with Gasteiger partial charge in [-0.1, -0.05) is 20.8 Å². The molecule has 0 aromatic carbocycles. The van der Waals surface area contributed by atoms with E-state index in [0.717, 1.165) is 0 Å². The fourth-order valence-corrected chi connectivity index (χ4v) is 2.90. The minimum absolute atomic E-state index is 0.102. The third-order valence-electron chi connectivity index (χ3n) is 4.37. The molecular formula is C13H22O4. The molecule has 1 aliphatic rings. The summed E-state index contributed by atoms with van der Waals surface area (Å²) in [6.07, 6.45) is 2.72. The normalized spacial score (nSPS) is 29.9. The van der Waals surface area contributed by atoms with Crippen molar-refractivity contribution in [2.75, 3.05) is 0 Å². The van der Waals surface area contributed by atoms with Crippen LogP contribution in [0.25, 0.3) is 0 Å². The molecule has 0 atom stereocenters. The quantitative estimate of drug-likeness (QED) is 0.798. The number of rotatable bonds is 3. The molecule has 0 heterocycles. The van der Waals surface area contributed by atoms with Gasteiger partial charge >= 0.3 is 11.9 Å². The molecule has 4 nitrogen and oxygen atoms in total. The van der Waals surface area contributed by atoms with Crippen molar-refractivity contribution in [3.05, 3.63) is 0 Å². The molecule has 0 bridgehead atoms. The average molecular weight is 242 g/mol. The van der Waals surface area contributed by atoms with Crippen LogP contribution in [0.1, 0.15) is 52.9 Å². The minimum atomic E-state index is -0.784. The van der Waals surface area contributed by atoms with E-state index >= 15 is 0 Å². The first-order valence-corrected chi connectivity index (χ1v) is 6.12. The van der Waals surface area contributed by atoms with E-state index in [9.17, 15) is 9.59 Å². The van der Waals surface area contributed by atoms with Crippen molar-refractivity contribution >= 4 is 11.9 Å². The highest BCUT2D eigenvalue weighted by Gasteiger charge is 2.46. The largest absolute Gasteiger partial charge is 0.481 e. The van der Waals surface area contributed by atoms with Crippen LogP contribution in [0.5, 0.6) is 0 Å². The number of carboxylic acids is 2. The van der Waals surface area contributed by atoms with Gasteiger partial charge in [-0.15, -0.1) is 0 Å². The maximum Gasteiger partial charge on any atom is 0.306 e. The Bertz CT molecular complexity index is 306. The van der Waals surface area contributed by atoms with Crippen LogP contribution in [0.4, 0.5) is 0 Å². The molecular weight excluding hydrogens is 220 g/mol. The van der Waals surface area contributed by atoms with Crippen LogP contribution in [0.15, 0.2) is 0 Å². The number of hydrogen-bond acceptors (Lipinski definition) is 2. The molecule has 0 saturated heterocycles. The van der Waals surface area contributed by atoms with E-state index in [1.807, 2.05) is 0 Å². The standard InChI is InChI=1S/C13H22O4/c1-12(2,3)13(8-10(14)15)6-4-9(5-7-13)11(16)17/h9H,4-8H2,1-3H3,(H,14,15)(H,16,17). The molecule has 0 aromatic heterocycles. The van der Waals surface area contributed by atoms with Crippen LogP contribution >= 0.6 is 0 Å². The van der Waals surface area contributed by atoms with Crippen molar-refractivity contribution in [2.45, 2.75) is 52.9 Å². The maximum absolute atomic E-state index is 11.0. The Morgan fingerprint density at radius 2 is 1.65 bits per heavy atom. The summed E-state index contributed by atoms with van der Waals surface area (Å²) in [7, 11) is 0. The van der Waals surface area contributed by atoms with Crippen LogP contribution in [0.3, 0.4) is 0 Å². The van der Waals surface area contributed by atoms with Crippen molar-refractivity contribution in [1.82, 2.24) is 0 Å². The summed E-state index contributed by atoms with van der Waals surface area (Å²) < 4.78 is 0. The van der Waals surface area contributed by atoms with E-state index in [1.165, 1.54) is 0 Å². The molecule has 0 amide bonds. The van der Waals surface area contributed by atoms with Gasteiger partial charge in [-0.25, -0.2) is 0 Å². The zero-order valence-electron chi connectivity index (χ0n) is 10.8. The highest BCUT2D eigenvalue weighted by molar-refractivity contribution is 5.70. The van der Waals surface area contributed by atoms with Crippen LogP contribution in [0.2, 0.25) is 0 Å². The van der Waals surface area contributed by atoms with Gasteiger partial charge < -0.3 is 10.2 Å². The molecule has 1 aliphatic carbocycles. The number of hydrogen-bond donors (Lipinski definition) is 2. The van der Waals surface area contributed by atoms with Crippen LogP contribution in [-0.4, -0.2) is 22.2 Å². The molecule has 1 fully saturated rings. The lowest BCUT2D eigenvalue weighted by atomic mass is 9.56. The van der Waals surface area contributed by atoms with Gasteiger partial charge in [0.2, 0.25) is 0 Å². The molecule has 0 aliphatic heterocycles. The highest BCUT2D eigenvalue weighted by Crippen LogP contribution is 2.53. The number of aliphatic carboxylic acids is 2. The molecule has 0 aromatic rings. The summed E-state index contributed by atoms with van der Waals surface area (Å²) in [5.41, 5.74) is -0.361.